The molecular weight excluding hydrogens is 451 g/mol. The van der Waals surface area contributed by atoms with Crippen LogP contribution in [0.15, 0.2) is 42.6 Å². The largest absolute Gasteiger partial charge is 0.464 e. The molecule has 0 atom stereocenters. The summed E-state index contributed by atoms with van der Waals surface area (Å²) in [6, 6.07) is 9.57. The number of carbonyl (C=O) groups excluding carboxylic acids is 2. The fourth-order valence-corrected chi connectivity index (χ4v) is 2.34. The van der Waals surface area contributed by atoms with E-state index in [1.54, 1.807) is 26.0 Å². The lowest BCUT2D eigenvalue weighted by Gasteiger charge is -2.16. The summed E-state index contributed by atoms with van der Waals surface area (Å²) in [6.07, 6.45) is 1.47. The summed E-state index contributed by atoms with van der Waals surface area (Å²) in [6.45, 7) is 3.66. The summed E-state index contributed by atoms with van der Waals surface area (Å²) in [7, 11) is 0. The Morgan fingerprint density at radius 1 is 1.04 bits per heavy atom. The number of carbonyl (C=O) groups is 2. The maximum atomic E-state index is 12.0. The number of benzene rings is 1. The van der Waals surface area contributed by atoms with Gasteiger partial charge in [0.25, 0.3) is 0 Å². The Kier molecular flexibility index (Phi) is 7.64. The Morgan fingerprint density at radius 3 is 2.15 bits per heavy atom. The highest BCUT2D eigenvalue weighted by molar-refractivity contribution is 14.1. The first-order valence-corrected chi connectivity index (χ1v) is 9.10. The molecule has 0 aliphatic heterocycles. The van der Waals surface area contributed by atoms with Crippen molar-refractivity contribution in [3.8, 4) is 11.6 Å². The van der Waals surface area contributed by atoms with Crippen LogP contribution >= 0.6 is 22.6 Å². The third-order valence-corrected chi connectivity index (χ3v) is 3.85. The van der Waals surface area contributed by atoms with Gasteiger partial charge in [-0.3, -0.25) is 0 Å². The molecule has 0 radical (unpaired) electrons. The van der Waals surface area contributed by atoms with Gasteiger partial charge in [0, 0.05) is 9.64 Å². The average molecular weight is 470 g/mol. The molecule has 2 rings (SSSR count). The topological polar surface area (TPSA) is 86.8 Å². The third kappa shape index (κ3) is 5.87. The lowest BCUT2D eigenvalue weighted by molar-refractivity contribution is -0.155. The molecule has 26 heavy (non-hydrogen) atoms. The highest BCUT2D eigenvalue weighted by Gasteiger charge is 2.29. The predicted octanol–water partition coefficient (Wildman–Crippen LogP) is 3.39. The van der Waals surface area contributed by atoms with Crippen LogP contribution in [0.5, 0.6) is 11.6 Å². The van der Waals surface area contributed by atoms with E-state index in [9.17, 15) is 9.59 Å². The summed E-state index contributed by atoms with van der Waals surface area (Å²) in [5.41, 5.74) is 0.464. The minimum Gasteiger partial charge on any atom is -0.464 e. The standard InChI is InChI=1S/C18H19IN2O5/c1-3-24-17(22)16(18(23)25-4-2)21-13-7-10-15(20-11-13)26-14-8-5-12(19)6-9-14/h5-11,16,21H,3-4H2,1-2H3. The van der Waals surface area contributed by atoms with Gasteiger partial charge in [-0.1, -0.05) is 0 Å². The van der Waals surface area contributed by atoms with Gasteiger partial charge in [0.2, 0.25) is 11.9 Å². The van der Waals surface area contributed by atoms with Crippen molar-refractivity contribution in [2.75, 3.05) is 18.5 Å². The molecule has 0 fully saturated rings. The number of aromatic nitrogens is 1. The molecule has 1 N–H and O–H groups in total. The smallest absolute Gasteiger partial charge is 0.340 e. The Bertz CT molecular complexity index is 716. The average Bonchev–Trinajstić information content (AvgIpc) is 2.63. The summed E-state index contributed by atoms with van der Waals surface area (Å²) in [4.78, 5) is 28.1. The van der Waals surface area contributed by atoms with Crippen LogP contribution in [0.4, 0.5) is 5.69 Å². The first-order chi connectivity index (χ1) is 12.5. The summed E-state index contributed by atoms with van der Waals surface area (Å²) >= 11 is 2.21. The number of ether oxygens (including phenoxy) is 3. The van der Waals surface area contributed by atoms with Gasteiger partial charge in [-0.25, -0.2) is 14.6 Å². The van der Waals surface area contributed by atoms with Crippen LogP contribution in [0, 0.1) is 3.57 Å². The zero-order valence-electron chi connectivity index (χ0n) is 14.4. The Hall–Kier alpha value is -2.36. The molecule has 0 unspecified atom stereocenters. The Morgan fingerprint density at radius 2 is 1.65 bits per heavy atom. The van der Waals surface area contributed by atoms with Gasteiger partial charge in [0.05, 0.1) is 25.1 Å². The molecule has 1 aromatic heterocycles. The lowest BCUT2D eigenvalue weighted by atomic mass is 10.2. The molecular formula is C18H19IN2O5. The van der Waals surface area contributed by atoms with Gasteiger partial charge in [-0.2, -0.15) is 0 Å². The number of esters is 2. The molecule has 0 bridgehead atoms. The predicted molar refractivity (Wildman–Crippen MR) is 104 cm³/mol. The highest BCUT2D eigenvalue weighted by atomic mass is 127. The van der Waals surface area contributed by atoms with E-state index in [2.05, 4.69) is 32.9 Å². The minimum atomic E-state index is -1.25. The molecule has 0 aliphatic carbocycles. The normalized spacial score (nSPS) is 10.3. The molecule has 1 aromatic carbocycles. The second-order valence-corrected chi connectivity index (χ2v) is 6.27. The summed E-state index contributed by atoms with van der Waals surface area (Å²) in [5, 5.41) is 2.78. The van der Waals surface area contributed by atoms with Crippen LogP contribution in [0.1, 0.15) is 13.8 Å². The molecule has 0 aliphatic rings. The van der Waals surface area contributed by atoms with E-state index in [4.69, 9.17) is 14.2 Å². The molecule has 2 aromatic rings. The van der Waals surface area contributed by atoms with E-state index in [0.717, 1.165) is 3.57 Å². The van der Waals surface area contributed by atoms with Crippen molar-refractivity contribution < 1.29 is 23.8 Å². The SMILES string of the molecule is CCOC(=O)C(Nc1ccc(Oc2ccc(I)cc2)nc1)C(=O)OCC. The van der Waals surface area contributed by atoms with Gasteiger partial charge < -0.3 is 19.5 Å². The van der Waals surface area contributed by atoms with E-state index >= 15 is 0 Å². The summed E-state index contributed by atoms with van der Waals surface area (Å²) < 4.78 is 16.6. The van der Waals surface area contributed by atoms with Crippen molar-refractivity contribution in [2.24, 2.45) is 0 Å². The lowest BCUT2D eigenvalue weighted by Crippen LogP contribution is -2.40. The number of nitrogens with zero attached hydrogens (tertiary/aromatic N) is 1. The Balaban J connectivity index is 2.06. The van der Waals surface area contributed by atoms with Gasteiger partial charge >= 0.3 is 11.9 Å². The van der Waals surface area contributed by atoms with Crippen LogP contribution in [0.25, 0.3) is 0 Å². The van der Waals surface area contributed by atoms with Crippen molar-refractivity contribution in [2.45, 2.75) is 19.9 Å². The number of hydrogen-bond acceptors (Lipinski definition) is 7. The number of nitrogens with one attached hydrogen (secondary N) is 1. The molecule has 0 saturated carbocycles. The van der Waals surface area contributed by atoms with Crippen molar-refractivity contribution in [3.63, 3.8) is 0 Å². The first-order valence-electron chi connectivity index (χ1n) is 8.02. The molecule has 8 heteroatoms. The molecule has 0 amide bonds. The number of rotatable bonds is 8. The number of hydrogen-bond donors (Lipinski definition) is 1. The highest BCUT2D eigenvalue weighted by Crippen LogP contribution is 2.21. The van der Waals surface area contributed by atoms with Crippen molar-refractivity contribution >= 4 is 40.2 Å². The second kappa shape index (κ2) is 9.95. The van der Waals surface area contributed by atoms with E-state index in [1.165, 1.54) is 6.20 Å². The van der Waals surface area contributed by atoms with Crippen molar-refractivity contribution in [3.05, 3.63) is 46.2 Å². The van der Waals surface area contributed by atoms with Gasteiger partial charge in [0.1, 0.15) is 5.75 Å². The van der Waals surface area contributed by atoms with Crippen LogP contribution < -0.4 is 10.1 Å². The van der Waals surface area contributed by atoms with Crippen molar-refractivity contribution in [1.82, 2.24) is 4.98 Å². The zero-order chi connectivity index (χ0) is 18.9. The molecule has 0 spiro atoms. The zero-order valence-corrected chi connectivity index (χ0v) is 16.6. The van der Waals surface area contributed by atoms with E-state index in [0.29, 0.717) is 17.3 Å². The van der Waals surface area contributed by atoms with Gasteiger partial charge in [-0.05, 0) is 66.8 Å². The number of anilines is 1. The van der Waals surface area contributed by atoms with Crippen LogP contribution in [-0.2, 0) is 19.1 Å². The van der Waals surface area contributed by atoms with Crippen molar-refractivity contribution in [1.29, 1.82) is 0 Å². The quantitative estimate of drug-likeness (QED) is 0.360. The maximum Gasteiger partial charge on any atom is 0.340 e. The fraction of sp³-hybridized carbons (Fsp3) is 0.278. The van der Waals surface area contributed by atoms with E-state index in [-0.39, 0.29) is 13.2 Å². The van der Waals surface area contributed by atoms with Crippen LogP contribution in [0.2, 0.25) is 0 Å². The van der Waals surface area contributed by atoms with E-state index < -0.39 is 18.0 Å². The number of pyridine rings is 1. The molecule has 1 heterocycles. The molecule has 0 saturated heterocycles. The van der Waals surface area contributed by atoms with Gasteiger partial charge in [-0.15, -0.1) is 0 Å². The summed E-state index contributed by atoms with van der Waals surface area (Å²) in [5.74, 6) is -0.356. The first kappa shape index (κ1) is 20.0. The molecule has 7 nitrogen and oxygen atoms in total. The number of halogens is 1. The molecule has 138 valence electrons. The van der Waals surface area contributed by atoms with Crippen LogP contribution in [-0.4, -0.2) is 36.2 Å². The maximum absolute atomic E-state index is 12.0. The monoisotopic (exact) mass is 470 g/mol. The minimum absolute atomic E-state index is 0.164. The van der Waals surface area contributed by atoms with Gasteiger partial charge in [0.15, 0.2) is 0 Å². The second-order valence-electron chi connectivity index (χ2n) is 5.02. The fourth-order valence-electron chi connectivity index (χ4n) is 1.98. The Labute approximate surface area is 165 Å². The van der Waals surface area contributed by atoms with E-state index in [1.807, 2.05) is 24.3 Å². The third-order valence-electron chi connectivity index (χ3n) is 3.13. The van der Waals surface area contributed by atoms with Crippen LogP contribution in [0.3, 0.4) is 0 Å².